The molecule has 0 spiro atoms. The lowest BCUT2D eigenvalue weighted by molar-refractivity contribution is -0.385. The van der Waals surface area contributed by atoms with Crippen LogP contribution in [0, 0.1) is 10.1 Å². The minimum absolute atomic E-state index is 0.0563. The molecule has 1 aromatic rings. The van der Waals surface area contributed by atoms with Gasteiger partial charge in [-0.15, -0.1) is 0 Å². The maximum absolute atomic E-state index is 12.0. The summed E-state index contributed by atoms with van der Waals surface area (Å²) in [6.45, 7) is 0.177. The van der Waals surface area contributed by atoms with E-state index in [2.05, 4.69) is 15.9 Å². The minimum atomic E-state index is -4.14. The minimum Gasteiger partial charge on any atom is -0.479 e. The van der Waals surface area contributed by atoms with Crippen LogP contribution in [0.3, 0.4) is 0 Å². The fraction of sp³-hybridized carbons (Fsp3) is 0.300. The number of nitro benzene ring substituents is 1. The van der Waals surface area contributed by atoms with Gasteiger partial charge in [0.1, 0.15) is 0 Å². The lowest BCUT2D eigenvalue weighted by Gasteiger charge is -2.18. The fourth-order valence-corrected chi connectivity index (χ4v) is 3.41. The molecule has 0 aliphatic heterocycles. The number of hydrogen-bond donors (Lipinski definition) is 3. The molecule has 0 bridgehead atoms. The molecule has 0 heterocycles. The molecule has 3 N–H and O–H groups in total. The summed E-state index contributed by atoms with van der Waals surface area (Å²) in [7, 11) is -4.14. The van der Waals surface area contributed by atoms with E-state index in [1.54, 1.807) is 0 Å². The van der Waals surface area contributed by atoms with Gasteiger partial charge in [-0.1, -0.05) is 0 Å². The summed E-state index contributed by atoms with van der Waals surface area (Å²) in [5.74, 6) is -1.59. The summed E-state index contributed by atoms with van der Waals surface area (Å²) < 4.78 is 25.8. The maximum atomic E-state index is 12.0. The van der Waals surface area contributed by atoms with Crippen molar-refractivity contribution in [3.05, 3.63) is 32.8 Å². The smallest absolute Gasteiger partial charge is 0.336 e. The molecule has 1 aromatic carbocycles. The van der Waals surface area contributed by atoms with Gasteiger partial charge >= 0.3 is 5.97 Å². The molecule has 0 fully saturated rings. The summed E-state index contributed by atoms with van der Waals surface area (Å²) in [5.41, 5.74) is -2.58. The molecule has 1 rings (SSSR count). The first-order valence-electron chi connectivity index (χ1n) is 5.37. The second-order valence-electron chi connectivity index (χ2n) is 4.28. The Morgan fingerprint density at radius 1 is 1.52 bits per heavy atom. The van der Waals surface area contributed by atoms with Crippen molar-refractivity contribution in [1.29, 1.82) is 0 Å². The normalized spacial score (nSPS) is 14.4. The van der Waals surface area contributed by atoms with Crippen molar-refractivity contribution in [1.82, 2.24) is 4.72 Å². The number of nitrogens with one attached hydrogen (secondary N) is 1. The number of aliphatic carboxylic acids is 1. The molecule has 0 aliphatic carbocycles. The third-order valence-electron chi connectivity index (χ3n) is 2.48. The monoisotopic (exact) mass is 382 g/mol. The number of sulfonamides is 1. The van der Waals surface area contributed by atoms with E-state index < -0.39 is 33.1 Å². The molecule has 11 heteroatoms. The number of aliphatic hydroxyl groups is 1. The number of carbonyl (C=O) groups is 1. The number of nitrogens with zero attached hydrogens (tertiary/aromatic N) is 1. The number of carboxylic acid groups (broad SMARTS) is 1. The quantitative estimate of drug-likeness (QED) is 0.478. The van der Waals surface area contributed by atoms with Gasteiger partial charge in [-0.25, -0.2) is 17.9 Å². The Labute approximate surface area is 127 Å². The van der Waals surface area contributed by atoms with Crippen molar-refractivity contribution in [2.45, 2.75) is 17.4 Å². The molecule has 0 amide bonds. The van der Waals surface area contributed by atoms with Crippen LogP contribution in [0.15, 0.2) is 27.6 Å². The summed E-state index contributed by atoms with van der Waals surface area (Å²) in [6, 6.07) is 3.00. The van der Waals surface area contributed by atoms with Gasteiger partial charge in [0.2, 0.25) is 10.0 Å². The molecule has 116 valence electrons. The number of halogens is 1. The van der Waals surface area contributed by atoms with Gasteiger partial charge in [0.15, 0.2) is 5.60 Å². The highest BCUT2D eigenvalue weighted by atomic mass is 79.9. The first kappa shape index (κ1) is 17.5. The van der Waals surface area contributed by atoms with Gasteiger partial charge in [-0.05, 0) is 28.9 Å². The highest BCUT2D eigenvalue weighted by Gasteiger charge is 2.32. The third kappa shape index (κ3) is 4.20. The van der Waals surface area contributed by atoms with Crippen molar-refractivity contribution >= 4 is 37.6 Å². The van der Waals surface area contributed by atoms with Crippen LogP contribution in [0.2, 0.25) is 0 Å². The standard InChI is InChI=1S/C10H11BrN2O7S/c1-10(16,9(14)15)5-12-21(19,20)8-3-2-6(13(17)18)4-7(8)11/h2-4,12,16H,5H2,1H3,(H,14,15). The Balaban J connectivity index is 3.04. The molecule has 0 aliphatic rings. The highest BCUT2D eigenvalue weighted by molar-refractivity contribution is 9.10. The van der Waals surface area contributed by atoms with Crippen molar-refractivity contribution in [3.63, 3.8) is 0 Å². The molecule has 0 aromatic heterocycles. The first-order chi connectivity index (χ1) is 9.47. The zero-order chi connectivity index (χ0) is 16.4. The second kappa shape index (κ2) is 6.05. The Kier molecular flexibility index (Phi) is 5.04. The van der Waals surface area contributed by atoms with Crippen LogP contribution in [0.5, 0.6) is 0 Å². The van der Waals surface area contributed by atoms with Crippen LogP contribution in [-0.4, -0.2) is 41.7 Å². The lowest BCUT2D eigenvalue weighted by Crippen LogP contribution is -2.46. The summed E-state index contributed by atoms with van der Waals surface area (Å²) in [5, 5.41) is 28.7. The van der Waals surface area contributed by atoms with Crippen LogP contribution in [0.25, 0.3) is 0 Å². The van der Waals surface area contributed by atoms with E-state index in [9.17, 15) is 28.4 Å². The zero-order valence-corrected chi connectivity index (χ0v) is 13.0. The first-order valence-corrected chi connectivity index (χ1v) is 7.64. The predicted octanol–water partition coefficient (Wildman–Crippen LogP) is 0.471. The molecular formula is C10H11BrN2O7S. The van der Waals surface area contributed by atoms with Crippen molar-refractivity contribution in [3.8, 4) is 0 Å². The third-order valence-corrected chi connectivity index (χ3v) is 4.86. The van der Waals surface area contributed by atoms with Crippen LogP contribution in [0.4, 0.5) is 5.69 Å². The van der Waals surface area contributed by atoms with E-state index in [0.29, 0.717) is 0 Å². The van der Waals surface area contributed by atoms with Gasteiger partial charge in [0.05, 0.1) is 16.4 Å². The molecule has 21 heavy (non-hydrogen) atoms. The largest absolute Gasteiger partial charge is 0.479 e. The summed E-state index contributed by atoms with van der Waals surface area (Å²) in [6.07, 6.45) is 0. The van der Waals surface area contributed by atoms with E-state index in [1.165, 1.54) is 0 Å². The average molecular weight is 383 g/mol. The Morgan fingerprint density at radius 3 is 2.52 bits per heavy atom. The predicted molar refractivity (Wildman–Crippen MR) is 74.2 cm³/mol. The number of hydrogen-bond acceptors (Lipinski definition) is 6. The number of rotatable bonds is 6. The zero-order valence-electron chi connectivity index (χ0n) is 10.6. The van der Waals surface area contributed by atoms with Crippen LogP contribution >= 0.6 is 15.9 Å². The Bertz CT molecular complexity index is 687. The van der Waals surface area contributed by atoms with E-state index >= 15 is 0 Å². The average Bonchev–Trinajstić information content (AvgIpc) is 2.36. The summed E-state index contributed by atoms with van der Waals surface area (Å²) >= 11 is 2.90. The fourth-order valence-electron chi connectivity index (χ4n) is 1.21. The molecule has 1 unspecified atom stereocenters. The highest BCUT2D eigenvalue weighted by Crippen LogP contribution is 2.26. The van der Waals surface area contributed by atoms with Gasteiger partial charge in [-0.2, -0.15) is 0 Å². The summed E-state index contributed by atoms with van der Waals surface area (Å²) in [4.78, 5) is 20.3. The van der Waals surface area contributed by atoms with Gasteiger partial charge in [0.25, 0.3) is 5.69 Å². The van der Waals surface area contributed by atoms with Crippen LogP contribution in [-0.2, 0) is 14.8 Å². The Hall–Kier alpha value is -1.56. The second-order valence-corrected chi connectivity index (χ2v) is 6.87. The van der Waals surface area contributed by atoms with Gasteiger partial charge in [-0.3, -0.25) is 10.1 Å². The van der Waals surface area contributed by atoms with Gasteiger partial charge in [0, 0.05) is 16.6 Å². The van der Waals surface area contributed by atoms with E-state index in [1.807, 2.05) is 4.72 Å². The number of benzene rings is 1. The van der Waals surface area contributed by atoms with E-state index in [4.69, 9.17) is 5.11 Å². The Morgan fingerprint density at radius 2 is 2.10 bits per heavy atom. The molecule has 0 radical (unpaired) electrons. The topological polar surface area (TPSA) is 147 Å². The number of non-ortho nitro benzene ring substituents is 1. The molecule has 1 atom stereocenters. The maximum Gasteiger partial charge on any atom is 0.336 e. The lowest BCUT2D eigenvalue weighted by atomic mass is 10.1. The molecule has 0 saturated heterocycles. The molecule has 0 saturated carbocycles. The molecule has 9 nitrogen and oxygen atoms in total. The van der Waals surface area contributed by atoms with Crippen molar-refractivity contribution in [2.75, 3.05) is 6.54 Å². The number of carboxylic acids is 1. The van der Waals surface area contributed by atoms with E-state index in [0.717, 1.165) is 25.1 Å². The van der Waals surface area contributed by atoms with Crippen LogP contribution < -0.4 is 4.72 Å². The van der Waals surface area contributed by atoms with Gasteiger partial charge < -0.3 is 10.2 Å². The van der Waals surface area contributed by atoms with Crippen molar-refractivity contribution in [2.24, 2.45) is 0 Å². The van der Waals surface area contributed by atoms with E-state index in [-0.39, 0.29) is 15.1 Å². The molecular weight excluding hydrogens is 372 g/mol. The number of nitro groups is 1. The SMILES string of the molecule is CC(O)(CNS(=O)(=O)c1ccc([N+](=O)[O-])cc1Br)C(=O)O. The van der Waals surface area contributed by atoms with Crippen molar-refractivity contribution < 1.29 is 28.3 Å². The van der Waals surface area contributed by atoms with Crippen LogP contribution in [0.1, 0.15) is 6.92 Å².